The molecule has 4 nitrogen and oxygen atoms in total. The van der Waals surface area contributed by atoms with Crippen LogP contribution in [-0.4, -0.2) is 24.2 Å². The van der Waals surface area contributed by atoms with Crippen LogP contribution < -0.4 is 0 Å². The van der Waals surface area contributed by atoms with Gasteiger partial charge >= 0.3 is 0 Å². The summed E-state index contributed by atoms with van der Waals surface area (Å²) in [6.45, 7) is 4.33. The number of nitrogens with zero attached hydrogens (tertiary/aromatic N) is 2. The highest BCUT2D eigenvalue weighted by molar-refractivity contribution is 5.34. The lowest BCUT2D eigenvalue weighted by Crippen LogP contribution is -2.25. The Morgan fingerprint density at radius 2 is 1.10 bits per heavy atom. The van der Waals surface area contributed by atoms with E-state index < -0.39 is 0 Å². The van der Waals surface area contributed by atoms with Gasteiger partial charge in [-0.15, -0.1) is 0 Å². The summed E-state index contributed by atoms with van der Waals surface area (Å²) in [4.78, 5) is 28.2. The molecule has 0 heterocycles. The van der Waals surface area contributed by atoms with Crippen molar-refractivity contribution >= 4 is 12.2 Å². The highest BCUT2D eigenvalue weighted by Crippen LogP contribution is 2.39. The van der Waals surface area contributed by atoms with Gasteiger partial charge in [0.2, 0.25) is 12.2 Å². The first kappa shape index (κ1) is 14.9. The van der Waals surface area contributed by atoms with Crippen molar-refractivity contribution in [2.75, 3.05) is 0 Å². The number of allylic oxidation sites excluding steroid dienone is 1. The van der Waals surface area contributed by atoms with Crippen molar-refractivity contribution in [1.82, 2.24) is 0 Å². The van der Waals surface area contributed by atoms with Gasteiger partial charge in [-0.1, -0.05) is 12.2 Å². The van der Waals surface area contributed by atoms with E-state index in [4.69, 9.17) is 0 Å². The molecule has 4 heteroatoms. The van der Waals surface area contributed by atoms with Crippen LogP contribution in [0.4, 0.5) is 0 Å². The molecule has 0 aliphatic heterocycles. The maximum atomic E-state index is 10.3. The van der Waals surface area contributed by atoms with E-state index in [1.165, 1.54) is 5.57 Å². The minimum Gasteiger partial charge on any atom is -0.211 e. The number of hydrogen-bond donors (Lipinski definition) is 0. The van der Waals surface area contributed by atoms with Crippen molar-refractivity contribution in [3.63, 3.8) is 0 Å². The average Bonchev–Trinajstić information content (AvgIpc) is 2.49. The monoisotopic (exact) mass is 274 g/mol. The molecule has 0 unspecified atom stereocenters. The van der Waals surface area contributed by atoms with Gasteiger partial charge in [-0.2, -0.15) is 0 Å². The third kappa shape index (κ3) is 3.75. The van der Waals surface area contributed by atoms with Crippen LogP contribution in [0.15, 0.2) is 22.1 Å². The second kappa shape index (κ2) is 7.33. The number of rotatable bonds is 4. The van der Waals surface area contributed by atoms with E-state index in [-0.39, 0.29) is 12.1 Å². The van der Waals surface area contributed by atoms with E-state index in [0.29, 0.717) is 11.8 Å². The van der Waals surface area contributed by atoms with Gasteiger partial charge in [0.25, 0.3) is 0 Å². The molecule has 108 valence electrons. The maximum absolute atomic E-state index is 10.3. The molecule has 2 saturated carbocycles. The molecule has 2 rings (SSSR count). The van der Waals surface area contributed by atoms with Crippen LogP contribution in [0.1, 0.15) is 51.4 Å². The Labute approximate surface area is 120 Å². The van der Waals surface area contributed by atoms with Gasteiger partial charge in [0.1, 0.15) is 0 Å². The molecular weight excluding hydrogens is 252 g/mol. The summed E-state index contributed by atoms with van der Waals surface area (Å²) in [6, 6.07) is 0.350. The number of isocyanates is 2. The average molecular weight is 274 g/mol. The van der Waals surface area contributed by atoms with E-state index in [2.05, 4.69) is 16.6 Å². The van der Waals surface area contributed by atoms with Crippen molar-refractivity contribution in [2.45, 2.75) is 63.5 Å². The lowest BCUT2D eigenvalue weighted by Gasteiger charge is -2.34. The van der Waals surface area contributed by atoms with Gasteiger partial charge in [-0.25, -0.2) is 19.6 Å². The third-order valence-corrected chi connectivity index (χ3v) is 4.91. The standard InChI is InChI=1S/C16H22N2O2/c1-12(13-2-6-15(7-3-13)17-10-19)14-4-8-16(9-5-14)18-11-20/h13-16H,1-9H2. The van der Waals surface area contributed by atoms with Crippen LogP contribution in [0, 0.1) is 11.8 Å². The van der Waals surface area contributed by atoms with Gasteiger partial charge < -0.3 is 0 Å². The number of carbonyl (C=O) groups excluding carboxylic acids is 2. The Balaban J connectivity index is 1.81. The lowest BCUT2D eigenvalue weighted by molar-refractivity contribution is 0.299. The molecule has 0 bridgehead atoms. The summed E-state index contributed by atoms with van der Waals surface area (Å²) in [7, 11) is 0. The zero-order chi connectivity index (χ0) is 14.4. The van der Waals surface area contributed by atoms with Gasteiger partial charge in [0.15, 0.2) is 0 Å². The highest BCUT2D eigenvalue weighted by atomic mass is 16.1. The molecule has 0 aromatic heterocycles. The Bertz CT molecular complexity index is 391. The molecule has 0 aromatic rings. The summed E-state index contributed by atoms with van der Waals surface area (Å²) >= 11 is 0. The zero-order valence-corrected chi connectivity index (χ0v) is 11.9. The number of hydrogen-bond acceptors (Lipinski definition) is 4. The maximum Gasteiger partial charge on any atom is 0.235 e. The van der Waals surface area contributed by atoms with Gasteiger partial charge in [-0.3, -0.25) is 0 Å². The molecule has 0 atom stereocenters. The first-order chi connectivity index (χ1) is 9.74. The van der Waals surface area contributed by atoms with E-state index in [1.807, 2.05) is 0 Å². The molecule has 2 aliphatic rings. The van der Waals surface area contributed by atoms with Crippen molar-refractivity contribution in [3.8, 4) is 0 Å². The molecule has 0 aromatic carbocycles. The minimum absolute atomic E-state index is 0.175. The number of aliphatic imine (C=N–C) groups is 2. The van der Waals surface area contributed by atoms with Crippen molar-refractivity contribution in [3.05, 3.63) is 12.2 Å². The molecule has 0 spiro atoms. The van der Waals surface area contributed by atoms with E-state index in [9.17, 15) is 9.59 Å². The Morgan fingerprint density at radius 3 is 1.40 bits per heavy atom. The molecule has 2 aliphatic carbocycles. The first-order valence-corrected chi connectivity index (χ1v) is 7.57. The van der Waals surface area contributed by atoms with E-state index >= 15 is 0 Å². The summed E-state index contributed by atoms with van der Waals surface area (Å²) in [5.41, 5.74) is 1.37. The predicted octanol–water partition coefficient (Wildman–Crippen LogP) is 3.33. The molecular formula is C16H22N2O2. The third-order valence-electron chi connectivity index (χ3n) is 4.91. The van der Waals surface area contributed by atoms with Crippen molar-refractivity contribution < 1.29 is 9.59 Å². The Hall–Kier alpha value is -1.50. The molecule has 0 N–H and O–H groups in total. The quantitative estimate of drug-likeness (QED) is 0.448. The van der Waals surface area contributed by atoms with Crippen LogP contribution in [0.5, 0.6) is 0 Å². The minimum atomic E-state index is 0.175. The summed E-state index contributed by atoms with van der Waals surface area (Å²) in [5.74, 6) is 1.15. The summed E-state index contributed by atoms with van der Waals surface area (Å²) < 4.78 is 0. The first-order valence-electron chi connectivity index (χ1n) is 7.57. The fraction of sp³-hybridized carbons (Fsp3) is 0.750. The lowest BCUT2D eigenvalue weighted by atomic mass is 9.73. The summed E-state index contributed by atoms with van der Waals surface area (Å²) in [6.07, 6.45) is 11.6. The van der Waals surface area contributed by atoms with Crippen molar-refractivity contribution in [2.24, 2.45) is 21.8 Å². The summed E-state index contributed by atoms with van der Waals surface area (Å²) in [5, 5.41) is 0. The molecule has 0 saturated heterocycles. The van der Waals surface area contributed by atoms with Crippen LogP contribution in [0.3, 0.4) is 0 Å². The van der Waals surface area contributed by atoms with Crippen LogP contribution >= 0.6 is 0 Å². The van der Waals surface area contributed by atoms with Gasteiger partial charge in [0.05, 0.1) is 12.1 Å². The Kier molecular flexibility index (Phi) is 5.46. The van der Waals surface area contributed by atoms with Gasteiger partial charge in [-0.05, 0) is 63.2 Å². The molecule has 0 amide bonds. The largest absolute Gasteiger partial charge is 0.235 e. The highest BCUT2D eigenvalue weighted by Gasteiger charge is 2.29. The fourth-order valence-electron chi connectivity index (χ4n) is 3.63. The van der Waals surface area contributed by atoms with E-state index in [1.54, 1.807) is 12.2 Å². The zero-order valence-electron chi connectivity index (χ0n) is 11.9. The Morgan fingerprint density at radius 1 is 0.750 bits per heavy atom. The van der Waals surface area contributed by atoms with Gasteiger partial charge in [0, 0.05) is 0 Å². The van der Waals surface area contributed by atoms with E-state index in [0.717, 1.165) is 51.4 Å². The van der Waals surface area contributed by atoms with Crippen LogP contribution in [0.25, 0.3) is 0 Å². The second-order valence-electron chi connectivity index (χ2n) is 6.03. The predicted molar refractivity (Wildman–Crippen MR) is 76.9 cm³/mol. The second-order valence-corrected chi connectivity index (χ2v) is 6.03. The molecule has 20 heavy (non-hydrogen) atoms. The van der Waals surface area contributed by atoms with Crippen LogP contribution in [-0.2, 0) is 9.59 Å². The smallest absolute Gasteiger partial charge is 0.211 e. The topological polar surface area (TPSA) is 58.9 Å². The molecule has 2 fully saturated rings. The van der Waals surface area contributed by atoms with Crippen molar-refractivity contribution in [1.29, 1.82) is 0 Å². The normalized spacial score (nSPS) is 33.6. The fourth-order valence-corrected chi connectivity index (χ4v) is 3.63. The van der Waals surface area contributed by atoms with Crippen LogP contribution in [0.2, 0.25) is 0 Å². The molecule has 0 radical (unpaired) electrons. The SMILES string of the molecule is C=C(C1CCC(N=C=O)CC1)C1CCC(N=C=O)CC1.